The van der Waals surface area contributed by atoms with Gasteiger partial charge in [0.2, 0.25) is 5.91 Å². The molecule has 7 nitrogen and oxygen atoms in total. The van der Waals surface area contributed by atoms with E-state index in [1.165, 1.54) is 28.0 Å². The largest absolute Gasteiger partial charge is 0.310 e. The second-order valence-corrected chi connectivity index (χ2v) is 9.29. The summed E-state index contributed by atoms with van der Waals surface area (Å²) in [6.45, 7) is 7.60. The van der Waals surface area contributed by atoms with E-state index in [1.807, 2.05) is 6.92 Å². The van der Waals surface area contributed by atoms with Crippen molar-refractivity contribution in [3.63, 3.8) is 0 Å². The Morgan fingerprint density at radius 2 is 2.06 bits per heavy atom. The van der Waals surface area contributed by atoms with Crippen molar-refractivity contribution in [2.24, 2.45) is 0 Å². The summed E-state index contributed by atoms with van der Waals surface area (Å²) in [6.07, 6.45) is 1.60. The Morgan fingerprint density at radius 1 is 1.32 bits per heavy atom. The Kier molecular flexibility index (Phi) is 6.68. The lowest BCUT2D eigenvalue weighted by atomic mass is 10.2. The first-order valence-corrected chi connectivity index (χ1v) is 12.1. The SMILES string of the molecule is C=CCn1c(SCC(=O)Nc2c(C#N)c(C)c(C)n2-c2ccc(F)cc2)nc2ccsc2c1=O. The molecule has 0 fully saturated rings. The maximum atomic E-state index is 13.4. The molecule has 1 amide bonds. The molecule has 0 bridgehead atoms. The van der Waals surface area contributed by atoms with Gasteiger partial charge in [0.25, 0.3) is 5.56 Å². The van der Waals surface area contributed by atoms with E-state index in [-0.39, 0.29) is 29.6 Å². The van der Waals surface area contributed by atoms with Crippen LogP contribution in [0.2, 0.25) is 0 Å². The van der Waals surface area contributed by atoms with Crippen LogP contribution in [0.5, 0.6) is 0 Å². The molecule has 0 atom stereocenters. The Labute approximate surface area is 203 Å². The van der Waals surface area contributed by atoms with E-state index in [1.54, 1.807) is 41.1 Å². The van der Waals surface area contributed by atoms with Crippen LogP contribution in [0.4, 0.5) is 10.2 Å². The van der Waals surface area contributed by atoms with Crippen molar-refractivity contribution in [2.75, 3.05) is 11.1 Å². The van der Waals surface area contributed by atoms with Gasteiger partial charge in [0.05, 0.1) is 16.8 Å². The first kappa shape index (κ1) is 23.5. The molecule has 4 rings (SSSR count). The van der Waals surface area contributed by atoms with Crippen molar-refractivity contribution in [1.82, 2.24) is 14.1 Å². The van der Waals surface area contributed by atoms with E-state index in [9.17, 15) is 19.2 Å². The van der Waals surface area contributed by atoms with Crippen LogP contribution in [-0.4, -0.2) is 25.8 Å². The van der Waals surface area contributed by atoms with Gasteiger partial charge in [-0.25, -0.2) is 9.37 Å². The molecule has 0 saturated carbocycles. The molecule has 34 heavy (non-hydrogen) atoms. The summed E-state index contributed by atoms with van der Waals surface area (Å²) in [6, 6.07) is 9.73. The van der Waals surface area contributed by atoms with Crippen molar-refractivity contribution >= 4 is 45.0 Å². The van der Waals surface area contributed by atoms with Gasteiger partial charge >= 0.3 is 0 Å². The number of thiophene rings is 1. The average Bonchev–Trinajstić information content (AvgIpc) is 3.38. The van der Waals surface area contributed by atoms with E-state index in [2.05, 4.69) is 22.9 Å². The normalized spacial score (nSPS) is 10.9. The zero-order valence-electron chi connectivity index (χ0n) is 18.5. The molecular weight excluding hydrogens is 473 g/mol. The number of nitrogens with one attached hydrogen (secondary N) is 1. The van der Waals surface area contributed by atoms with Crippen molar-refractivity contribution in [2.45, 2.75) is 25.5 Å². The van der Waals surface area contributed by atoms with E-state index >= 15 is 0 Å². The third-order valence-corrected chi connectivity index (χ3v) is 7.21. The predicted octanol–water partition coefficient (Wildman–Crippen LogP) is 4.79. The number of carbonyl (C=O) groups excluding carboxylic acids is 1. The standard InChI is InChI=1S/C24H20FN5O2S2/c1-4-10-29-23(32)21-19(9-11-33-21)27-24(29)34-13-20(31)28-22-18(12-26)14(2)15(3)30(22)17-7-5-16(25)6-8-17/h4-9,11H,1,10,13H2,2-3H3,(H,28,31). The van der Waals surface area contributed by atoms with E-state index < -0.39 is 0 Å². The van der Waals surface area contributed by atoms with Crippen LogP contribution in [0.15, 0.2) is 58.3 Å². The number of hydrogen-bond donors (Lipinski definition) is 1. The van der Waals surface area contributed by atoms with Crippen LogP contribution in [-0.2, 0) is 11.3 Å². The number of allylic oxidation sites excluding steroid dienone is 1. The van der Waals surface area contributed by atoms with Gasteiger partial charge in [-0.3, -0.25) is 18.7 Å². The van der Waals surface area contributed by atoms with Gasteiger partial charge in [-0.1, -0.05) is 17.8 Å². The topological polar surface area (TPSA) is 92.7 Å². The highest BCUT2D eigenvalue weighted by Crippen LogP contribution is 2.30. The van der Waals surface area contributed by atoms with Crippen molar-refractivity contribution in [1.29, 1.82) is 5.26 Å². The Balaban J connectivity index is 1.63. The molecule has 172 valence electrons. The molecule has 0 aliphatic rings. The molecule has 3 heterocycles. The number of anilines is 1. The third-order valence-electron chi connectivity index (χ3n) is 5.34. The number of carbonyl (C=O) groups is 1. The summed E-state index contributed by atoms with van der Waals surface area (Å²) in [5.74, 6) is -0.461. The van der Waals surface area contributed by atoms with Crippen LogP contribution in [0.3, 0.4) is 0 Å². The summed E-state index contributed by atoms with van der Waals surface area (Å²) in [7, 11) is 0. The van der Waals surface area contributed by atoms with E-state index in [0.29, 0.717) is 32.4 Å². The van der Waals surface area contributed by atoms with Crippen LogP contribution < -0.4 is 10.9 Å². The highest BCUT2D eigenvalue weighted by atomic mass is 32.2. The maximum Gasteiger partial charge on any atom is 0.272 e. The molecule has 0 spiro atoms. The first-order chi connectivity index (χ1) is 16.3. The molecule has 10 heteroatoms. The number of fused-ring (bicyclic) bond motifs is 1. The van der Waals surface area contributed by atoms with Crippen molar-refractivity contribution in [3.05, 3.63) is 81.4 Å². The van der Waals surface area contributed by atoms with Gasteiger partial charge in [-0.2, -0.15) is 5.26 Å². The Hall–Kier alpha value is -3.68. The zero-order valence-corrected chi connectivity index (χ0v) is 20.1. The third kappa shape index (κ3) is 4.27. The summed E-state index contributed by atoms with van der Waals surface area (Å²) in [4.78, 5) is 30.3. The van der Waals surface area contributed by atoms with Gasteiger partial charge in [-0.05, 0) is 55.1 Å². The fourth-order valence-electron chi connectivity index (χ4n) is 3.60. The molecule has 1 N–H and O–H groups in total. The second-order valence-electron chi connectivity index (χ2n) is 7.43. The minimum absolute atomic E-state index is 0.0310. The number of nitriles is 1. The minimum Gasteiger partial charge on any atom is -0.310 e. The Morgan fingerprint density at radius 3 is 2.74 bits per heavy atom. The lowest BCUT2D eigenvalue weighted by Gasteiger charge is -2.14. The molecule has 3 aromatic heterocycles. The van der Waals surface area contributed by atoms with Gasteiger partial charge < -0.3 is 5.32 Å². The second kappa shape index (κ2) is 9.67. The number of amides is 1. The molecule has 4 aromatic rings. The number of hydrogen-bond acceptors (Lipinski definition) is 6. The van der Waals surface area contributed by atoms with E-state index in [4.69, 9.17) is 0 Å². The number of halogens is 1. The van der Waals surface area contributed by atoms with Gasteiger partial charge in [0, 0.05) is 17.9 Å². The number of rotatable bonds is 7. The minimum atomic E-state index is -0.381. The highest BCUT2D eigenvalue weighted by Gasteiger charge is 2.21. The van der Waals surface area contributed by atoms with Crippen LogP contribution in [0, 0.1) is 31.0 Å². The highest BCUT2D eigenvalue weighted by molar-refractivity contribution is 7.99. The lowest BCUT2D eigenvalue weighted by molar-refractivity contribution is -0.113. The first-order valence-electron chi connectivity index (χ1n) is 10.2. The molecule has 0 radical (unpaired) electrons. The quantitative estimate of drug-likeness (QED) is 0.227. The molecular formula is C24H20FN5O2S2. The van der Waals surface area contributed by atoms with Gasteiger partial charge in [0.15, 0.2) is 5.16 Å². The number of thioether (sulfide) groups is 1. The smallest absolute Gasteiger partial charge is 0.272 e. The fourth-order valence-corrected chi connectivity index (χ4v) is 5.18. The molecule has 0 unspecified atom stereocenters. The van der Waals surface area contributed by atoms with Gasteiger partial charge in [-0.15, -0.1) is 17.9 Å². The number of aromatic nitrogens is 3. The van der Waals surface area contributed by atoms with Crippen LogP contribution >= 0.6 is 23.1 Å². The molecule has 0 aliphatic heterocycles. The fraction of sp³-hybridized carbons (Fsp3) is 0.167. The summed E-state index contributed by atoms with van der Waals surface area (Å²) in [5, 5.41) is 14.8. The monoisotopic (exact) mass is 493 g/mol. The number of benzene rings is 1. The molecule has 0 saturated heterocycles. The maximum absolute atomic E-state index is 13.4. The zero-order chi connectivity index (χ0) is 24.4. The summed E-state index contributed by atoms with van der Waals surface area (Å²) >= 11 is 2.45. The molecule has 0 aliphatic carbocycles. The predicted molar refractivity (Wildman–Crippen MR) is 133 cm³/mol. The summed E-state index contributed by atoms with van der Waals surface area (Å²) in [5.41, 5.74) is 2.85. The van der Waals surface area contributed by atoms with Crippen LogP contribution in [0.25, 0.3) is 15.9 Å². The number of nitrogens with zero attached hydrogens (tertiary/aromatic N) is 4. The average molecular weight is 494 g/mol. The van der Waals surface area contributed by atoms with Gasteiger partial charge in [0.1, 0.15) is 22.4 Å². The molecule has 1 aromatic carbocycles. The lowest BCUT2D eigenvalue weighted by Crippen LogP contribution is -2.23. The van der Waals surface area contributed by atoms with Crippen molar-refractivity contribution in [3.8, 4) is 11.8 Å². The van der Waals surface area contributed by atoms with E-state index in [0.717, 1.165) is 23.0 Å². The van der Waals surface area contributed by atoms with Crippen LogP contribution in [0.1, 0.15) is 16.8 Å². The Bertz CT molecular complexity index is 1510. The summed E-state index contributed by atoms with van der Waals surface area (Å²) < 4.78 is 17.2. The van der Waals surface area contributed by atoms with Crippen molar-refractivity contribution < 1.29 is 9.18 Å².